The number of carbonyl (C=O) groups excluding carboxylic acids is 1. The van der Waals surface area contributed by atoms with Gasteiger partial charge in [-0.2, -0.15) is 4.31 Å². The van der Waals surface area contributed by atoms with E-state index in [1.807, 2.05) is 44.3 Å². The second-order valence-electron chi connectivity index (χ2n) is 8.12. The van der Waals surface area contributed by atoms with Crippen molar-refractivity contribution in [2.24, 2.45) is 7.05 Å². The summed E-state index contributed by atoms with van der Waals surface area (Å²) in [6.07, 6.45) is 3.71. The number of rotatable bonds is 7. The van der Waals surface area contributed by atoms with Crippen LogP contribution in [-0.2, 0) is 28.4 Å². The molecule has 0 atom stereocenters. The predicted molar refractivity (Wildman–Crippen MR) is 126 cm³/mol. The number of fused-ring (bicyclic) bond motifs is 1. The van der Waals surface area contributed by atoms with Crippen LogP contribution in [0.5, 0.6) is 0 Å². The summed E-state index contributed by atoms with van der Waals surface area (Å²) in [6, 6.07) is 11.7. The van der Waals surface area contributed by atoms with Crippen LogP contribution in [0.1, 0.15) is 11.4 Å². The number of carbonyl (C=O) groups is 1. The average Bonchev–Trinajstić information content (AvgIpc) is 3.08. The number of anilines is 2. The Bertz CT molecular complexity index is 1210. The van der Waals surface area contributed by atoms with E-state index in [2.05, 4.69) is 25.9 Å². The molecule has 0 saturated carbocycles. The van der Waals surface area contributed by atoms with Crippen molar-refractivity contribution in [2.75, 3.05) is 42.9 Å². The maximum atomic E-state index is 11.9. The topological polar surface area (TPSA) is 90.8 Å². The lowest BCUT2D eigenvalue weighted by molar-refractivity contribution is -0.107. The van der Waals surface area contributed by atoms with Crippen molar-refractivity contribution in [1.29, 1.82) is 0 Å². The van der Waals surface area contributed by atoms with Gasteiger partial charge in [-0.05, 0) is 31.2 Å². The van der Waals surface area contributed by atoms with Crippen LogP contribution in [-0.4, -0.2) is 66.0 Å². The Balaban J connectivity index is 1.57. The summed E-state index contributed by atoms with van der Waals surface area (Å²) in [7, 11) is -1.16. The highest BCUT2D eigenvalue weighted by molar-refractivity contribution is 7.88. The van der Waals surface area contributed by atoms with Gasteiger partial charge < -0.3 is 4.57 Å². The van der Waals surface area contributed by atoms with Gasteiger partial charge in [0.15, 0.2) is 0 Å². The Labute approximate surface area is 188 Å². The smallest absolute Gasteiger partial charge is 0.232 e. The first-order valence-electron chi connectivity index (χ1n) is 10.4. The molecule has 10 heteroatoms. The highest BCUT2D eigenvalue weighted by Crippen LogP contribution is 2.30. The number of amides is 1. The molecule has 3 heterocycles. The Morgan fingerprint density at radius 1 is 1.16 bits per heavy atom. The standard InChI is InChI=1S/C22H28N6O3S/c1-17-7-8-19(14-23-17)24-28(16-29)21-6-4-5-18-13-20(25(2)22(18)21)15-26-9-11-27(12-10-26)32(3,30)31/h4-8,13-14,16,24H,9-12,15H2,1-3H3. The number of benzene rings is 1. The van der Waals surface area contributed by atoms with E-state index in [1.165, 1.54) is 15.6 Å². The van der Waals surface area contributed by atoms with Crippen molar-refractivity contribution < 1.29 is 13.2 Å². The van der Waals surface area contributed by atoms with Gasteiger partial charge in [0.25, 0.3) is 0 Å². The number of pyridine rings is 1. The first kappa shape index (κ1) is 22.3. The minimum atomic E-state index is -3.15. The minimum Gasteiger partial charge on any atom is -0.345 e. The molecule has 0 radical (unpaired) electrons. The molecule has 1 amide bonds. The fraction of sp³-hybridized carbons (Fsp3) is 0.364. The third-order valence-electron chi connectivity index (χ3n) is 5.85. The fourth-order valence-corrected chi connectivity index (χ4v) is 4.89. The number of hydrogen-bond donors (Lipinski definition) is 1. The normalized spacial score (nSPS) is 15.7. The summed E-state index contributed by atoms with van der Waals surface area (Å²) in [6.45, 7) is 4.99. The molecule has 1 fully saturated rings. The van der Waals surface area contributed by atoms with E-state index in [4.69, 9.17) is 0 Å². The number of aromatic nitrogens is 2. The number of nitrogens with zero attached hydrogens (tertiary/aromatic N) is 5. The zero-order valence-corrected chi connectivity index (χ0v) is 19.3. The van der Waals surface area contributed by atoms with Crippen molar-refractivity contribution in [1.82, 2.24) is 18.8 Å². The summed E-state index contributed by atoms with van der Waals surface area (Å²) < 4.78 is 27.1. The average molecular weight is 457 g/mol. The summed E-state index contributed by atoms with van der Waals surface area (Å²) in [5, 5.41) is 2.49. The quantitative estimate of drug-likeness (QED) is 0.432. The van der Waals surface area contributed by atoms with Gasteiger partial charge in [0.2, 0.25) is 16.4 Å². The fourth-order valence-electron chi connectivity index (χ4n) is 4.06. The van der Waals surface area contributed by atoms with E-state index in [9.17, 15) is 13.2 Å². The van der Waals surface area contributed by atoms with E-state index in [0.717, 1.165) is 40.1 Å². The first-order valence-corrected chi connectivity index (χ1v) is 12.3. The molecule has 0 unspecified atom stereocenters. The molecule has 4 rings (SSSR count). The molecule has 2 aromatic heterocycles. The first-order chi connectivity index (χ1) is 15.3. The molecule has 3 aromatic rings. The van der Waals surface area contributed by atoms with Crippen LogP contribution < -0.4 is 10.4 Å². The van der Waals surface area contributed by atoms with Gasteiger partial charge >= 0.3 is 0 Å². The van der Waals surface area contributed by atoms with Crippen LogP contribution in [0.4, 0.5) is 11.4 Å². The Morgan fingerprint density at radius 3 is 2.53 bits per heavy atom. The number of sulfonamides is 1. The zero-order chi connectivity index (χ0) is 22.9. The van der Waals surface area contributed by atoms with Gasteiger partial charge in [-0.1, -0.05) is 12.1 Å². The molecule has 0 spiro atoms. The van der Waals surface area contributed by atoms with Crippen LogP contribution >= 0.6 is 0 Å². The number of hydrogen-bond acceptors (Lipinski definition) is 6. The van der Waals surface area contributed by atoms with E-state index in [1.54, 1.807) is 6.20 Å². The largest absolute Gasteiger partial charge is 0.345 e. The van der Waals surface area contributed by atoms with Crippen LogP contribution in [0.2, 0.25) is 0 Å². The summed E-state index contributed by atoms with van der Waals surface area (Å²) >= 11 is 0. The van der Waals surface area contributed by atoms with Crippen LogP contribution in [0.3, 0.4) is 0 Å². The number of hydrazine groups is 1. The molecule has 1 aliphatic rings. The Morgan fingerprint density at radius 2 is 1.91 bits per heavy atom. The molecular weight excluding hydrogens is 428 g/mol. The second-order valence-corrected chi connectivity index (χ2v) is 10.1. The third kappa shape index (κ3) is 4.62. The summed E-state index contributed by atoms with van der Waals surface area (Å²) in [5.41, 5.74) is 7.53. The van der Waals surface area contributed by atoms with E-state index in [-0.39, 0.29) is 0 Å². The van der Waals surface area contributed by atoms with Gasteiger partial charge in [-0.15, -0.1) is 0 Å². The molecule has 1 saturated heterocycles. The lowest BCUT2D eigenvalue weighted by atomic mass is 10.2. The van der Waals surface area contributed by atoms with Crippen LogP contribution in [0.25, 0.3) is 10.9 Å². The highest BCUT2D eigenvalue weighted by Gasteiger charge is 2.24. The molecule has 1 aromatic carbocycles. The molecule has 32 heavy (non-hydrogen) atoms. The molecule has 1 aliphatic heterocycles. The van der Waals surface area contributed by atoms with Gasteiger partial charge in [-0.25, -0.2) is 13.4 Å². The van der Waals surface area contributed by atoms with Crippen molar-refractivity contribution in [2.45, 2.75) is 13.5 Å². The van der Waals surface area contributed by atoms with E-state index in [0.29, 0.717) is 32.7 Å². The predicted octanol–water partition coefficient (Wildman–Crippen LogP) is 1.95. The summed E-state index contributed by atoms with van der Waals surface area (Å²) in [5.74, 6) is 0. The second kappa shape index (κ2) is 8.89. The molecule has 0 bridgehead atoms. The van der Waals surface area contributed by atoms with E-state index >= 15 is 0 Å². The molecule has 9 nitrogen and oxygen atoms in total. The maximum absolute atomic E-state index is 11.9. The van der Waals surface area contributed by atoms with Gasteiger partial charge in [-0.3, -0.25) is 20.1 Å². The lowest BCUT2D eigenvalue weighted by Gasteiger charge is -2.33. The number of para-hydroxylation sites is 1. The van der Waals surface area contributed by atoms with Gasteiger partial charge in [0.1, 0.15) is 0 Å². The van der Waals surface area contributed by atoms with Crippen molar-refractivity contribution in [3.8, 4) is 0 Å². The molecule has 170 valence electrons. The minimum absolute atomic E-state index is 0.501. The lowest BCUT2D eigenvalue weighted by Crippen LogP contribution is -2.47. The number of piperazine rings is 1. The molecular formula is C22H28N6O3S. The molecule has 1 N–H and O–H groups in total. The zero-order valence-electron chi connectivity index (χ0n) is 18.5. The maximum Gasteiger partial charge on any atom is 0.232 e. The van der Waals surface area contributed by atoms with Crippen molar-refractivity contribution in [3.63, 3.8) is 0 Å². The van der Waals surface area contributed by atoms with Crippen molar-refractivity contribution >= 4 is 38.7 Å². The Kier molecular flexibility index (Phi) is 6.18. The van der Waals surface area contributed by atoms with Gasteiger partial charge in [0, 0.05) is 56.5 Å². The molecule has 0 aliphatic carbocycles. The number of nitrogens with one attached hydrogen (secondary N) is 1. The monoisotopic (exact) mass is 456 g/mol. The van der Waals surface area contributed by atoms with E-state index < -0.39 is 10.0 Å². The highest BCUT2D eigenvalue weighted by atomic mass is 32.2. The van der Waals surface area contributed by atoms with Crippen molar-refractivity contribution in [3.05, 3.63) is 54.0 Å². The van der Waals surface area contributed by atoms with Crippen LogP contribution in [0.15, 0.2) is 42.6 Å². The SMILES string of the molecule is Cc1ccc(NN(C=O)c2cccc3cc(CN4CCN(S(C)(=O)=O)CC4)n(C)c23)cn1. The van der Waals surface area contributed by atoms with Gasteiger partial charge in [0.05, 0.1) is 29.3 Å². The summed E-state index contributed by atoms with van der Waals surface area (Å²) in [4.78, 5) is 18.5. The Hall–Kier alpha value is -2.95. The van der Waals surface area contributed by atoms with Crippen LogP contribution in [0, 0.1) is 6.92 Å². The number of aryl methyl sites for hydroxylation is 2. The third-order valence-corrected chi connectivity index (χ3v) is 7.15.